The van der Waals surface area contributed by atoms with Crippen molar-refractivity contribution < 1.29 is 9.90 Å². The predicted octanol–water partition coefficient (Wildman–Crippen LogP) is 3.34. The van der Waals surface area contributed by atoms with E-state index in [1.807, 2.05) is 0 Å². The number of carbonyl (C=O) groups excluding carboxylic acids is 1. The summed E-state index contributed by atoms with van der Waals surface area (Å²) < 4.78 is 0. The Hall–Kier alpha value is -1.40. The van der Waals surface area contributed by atoms with Crippen LogP contribution in [-0.4, -0.2) is 51.8 Å². The molecule has 1 aromatic rings. The fourth-order valence-corrected chi connectivity index (χ4v) is 5.82. The average Bonchev–Trinajstić information content (AvgIpc) is 3.41. The number of aromatic amines is 1. The van der Waals surface area contributed by atoms with E-state index in [2.05, 4.69) is 20.4 Å². The molecule has 2 heterocycles. The van der Waals surface area contributed by atoms with Gasteiger partial charge in [0.1, 0.15) is 0 Å². The molecule has 162 valence electrons. The first-order valence-electron chi connectivity index (χ1n) is 11.9. The molecule has 0 aromatic carbocycles. The van der Waals surface area contributed by atoms with E-state index >= 15 is 0 Å². The summed E-state index contributed by atoms with van der Waals surface area (Å²) in [5.41, 5.74) is -0.853. The number of nitrogens with zero attached hydrogens (tertiary/aromatic N) is 2. The zero-order chi connectivity index (χ0) is 20.1. The number of piperidine rings is 1. The molecule has 3 aliphatic rings. The van der Waals surface area contributed by atoms with Gasteiger partial charge in [-0.25, -0.2) is 0 Å². The molecule has 2 saturated carbocycles. The Morgan fingerprint density at radius 2 is 1.72 bits per heavy atom. The zero-order valence-electron chi connectivity index (χ0n) is 17.7. The van der Waals surface area contributed by atoms with E-state index in [1.165, 1.54) is 45.1 Å². The highest BCUT2D eigenvalue weighted by Gasteiger charge is 2.47. The van der Waals surface area contributed by atoms with Crippen molar-refractivity contribution in [1.29, 1.82) is 0 Å². The summed E-state index contributed by atoms with van der Waals surface area (Å²) in [6.07, 6.45) is 17.6. The summed E-state index contributed by atoms with van der Waals surface area (Å²) in [5, 5.41) is 21.4. The first-order chi connectivity index (χ1) is 14.2. The third kappa shape index (κ3) is 4.85. The van der Waals surface area contributed by atoms with Gasteiger partial charge in [-0.15, -0.1) is 0 Å². The Labute approximate surface area is 174 Å². The summed E-state index contributed by atoms with van der Waals surface area (Å²) in [7, 11) is 0. The maximum absolute atomic E-state index is 13.2. The molecule has 3 N–H and O–H groups in total. The smallest absolute Gasteiger partial charge is 0.257 e. The van der Waals surface area contributed by atoms with E-state index in [-0.39, 0.29) is 17.9 Å². The Kier molecular flexibility index (Phi) is 6.91. The highest BCUT2D eigenvalue weighted by atomic mass is 16.3. The Morgan fingerprint density at radius 1 is 1.07 bits per heavy atom. The van der Waals surface area contributed by atoms with Gasteiger partial charge in [0.25, 0.3) is 5.91 Å². The SMILES string of the molecule is O=C(NC1CCN(CC2CCCCCC2)CC1)C(O)(c1cn[nH]c1)C1CCCC1. The van der Waals surface area contributed by atoms with Gasteiger partial charge in [-0.2, -0.15) is 5.10 Å². The normalized spacial score (nSPS) is 25.6. The number of aliphatic hydroxyl groups is 1. The molecule has 1 unspecified atom stereocenters. The van der Waals surface area contributed by atoms with Crippen molar-refractivity contribution in [2.75, 3.05) is 19.6 Å². The molecule has 1 amide bonds. The van der Waals surface area contributed by atoms with Crippen LogP contribution in [-0.2, 0) is 10.4 Å². The molecule has 1 aliphatic heterocycles. The molecule has 4 rings (SSSR count). The first-order valence-corrected chi connectivity index (χ1v) is 11.9. The summed E-state index contributed by atoms with van der Waals surface area (Å²) in [4.78, 5) is 15.8. The van der Waals surface area contributed by atoms with Gasteiger partial charge < -0.3 is 15.3 Å². The Balaban J connectivity index is 1.31. The number of hydrogen-bond donors (Lipinski definition) is 3. The maximum atomic E-state index is 13.2. The van der Waals surface area contributed by atoms with Gasteiger partial charge in [0.2, 0.25) is 0 Å². The van der Waals surface area contributed by atoms with E-state index < -0.39 is 5.60 Å². The molecule has 29 heavy (non-hydrogen) atoms. The van der Waals surface area contributed by atoms with E-state index in [0.717, 1.165) is 57.5 Å². The van der Waals surface area contributed by atoms with Gasteiger partial charge >= 0.3 is 0 Å². The first kappa shape index (κ1) is 20.9. The largest absolute Gasteiger partial charge is 0.375 e. The summed E-state index contributed by atoms with van der Waals surface area (Å²) in [5.74, 6) is 0.612. The van der Waals surface area contributed by atoms with Crippen LogP contribution in [0.25, 0.3) is 0 Å². The lowest BCUT2D eigenvalue weighted by molar-refractivity contribution is -0.148. The van der Waals surface area contributed by atoms with Gasteiger partial charge in [0.15, 0.2) is 5.60 Å². The minimum atomic E-state index is -1.46. The van der Waals surface area contributed by atoms with E-state index in [4.69, 9.17) is 0 Å². The Morgan fingerprint density at radius 3 is 2.34 bits per heavy atom. The molecule has 2 aliphatic carbocycles. The van der Waals surface area contributed by atoms with Crippen LogP contribution < -0.4 is 5.32 Å². The van der Waals surface area contributed by atoms with Crippen molar-refractivity contribution in [3.63, 3.8) is 0 Å². The van der Waals surface area contributed by atoms with Crippen LogP contribution in [0.15, 0.2) is 12.4 Å². The molecular formula is C23H38N4O2. The number of carbonyl (C=O) groups is 1. The van der Waals surface area contributed by atoms with Crippen molar-refractivity contribution >= 4 is 5.91 Å². The molecule has 6 nitrogen and oxygen atoms in total. The van der Waals surface area contributed by atoms with Crippen molar-refractivity contribution in [3.8, 4) is 0 Å². The van der Waals surface area contributed by atoms with E-state index in [0.29, 0.717) is 5.56 Å². The number of hydrogen-bond acceptors (Lipinski definition) is 4. The number of amides is 1. The van der Waals surface area contributed by atoms with Gasteiger partial charge in [0.05, 0.1) is 6.20 Å². The van der Waals surface area contributed by atoms with Crippen LogP contribution in [0, 0.1) is 11.8 Å². The monoisotopic (exact) mass is 402 g/mol. The third-order valence-corrected chi connectivity index (χ3v) is 7.64. The second-order valence-electron chi connectivity index (χ2n) is 9.64. The van der Waals surface area contributed by atoms with Crippen LogP contribution in [0.5, 0.6) is 0 Å². The van der Waals surface area contributed by atoms with Crippen molar-refractivity contribution in [2.45, 2.75) is 88.7 Å². The molecule has 1 saturated heterocycles. The van der Waals surface area contributed by atoms with Gasteiger partial charge in [-0.3, -0.25) is 9.89 Å². The number of nitrogens with one attached hydrogen (secondary N) is 2. The van der Waals surface area contributed by atoms with Gasteiger partial charge in [-0.05, 0) is 44.4 Å². The summed E-state index contributed by atoms with van der Waals surface area (Å²) in [6, 6.07) is 0.160. The fraction of sp³-hybridized carbons (Fsp3) is 0.826. The van der Waals surface area contributed by atoms with E-state index in [9.17, 15) is 9.90 Å². The van der Waals surface area contributed by atoms with Crippen LogP contribution >= 0.6 is 0 Å². The average molecular weight is 403 g/mol. The topological polar surface area (TPSA) is 81.2 Å². The zero-order valence-corrected chi connectivity index (χ0v) is 17.7. The second-order valence-corrected chi connectivity index (χ2v) is 9.64. The molecule has 0 spiro atoms. The molecule has 6 heteroatoms. The van der Waals surface area contributed by atoms with Crippen molar-refractivity contribution in [1.82, 2.24) is 20.4 Å². The highest BCUT2D eigenvalue weighted by Crippen LogP contribution is 2.40. The van der Waals surface area contributed by atoms with Crippen molar-refractivity contribution in [2.24, 2.45) is 11.8 Å². The lowest BCUT2D eigenvalue weighted by Gasteiger charge is -2.37. The summed E-state index contributed by atoms with van der Waals surface area (Å²) in [6.45, 7) is 3.33. The standard InChI is InChI=1S/C23H38N4O2/c28-22(23(29,19-9-5-6-10-19)20-15-24-25-16-20)26-21-11-13-27(14-12-21)17-18-7-3-1-2-4-8-18/h15-16,18-19,21,29H,1-14,17H2,(H,24,25)(H,26,28). The van der Waals surface area contributed by atoms with Crippen LogP contribution in [0.2, 0.25) is 0 Å². The minimum absolute atomic E-state index is 0.0181. The lowest BCUT2D eigenvalue weighted by Crippen LogP contribution is -2.54. The van der Waals surface area contributed by atoms with Crippen LogP contribution in [0.3, 0.4) is 0 Å². The number of likely N-dealkylation sites (tertiary alicyclic amines) is 1. The lowest BCUT2D eigenvalue weighted by atomic mass is 9.80. The Bertz CT molecular complexity index is 627. The fourth-order valence-electron chi connectivity index (χ4n) is 5.82. The second kappa shape index (κ2) is 9.61. The number of H-pyrrole nitrogens is 1. The van der Waals surface area contributed by atoms with Gasteiger partial charge in [-0.1, -0.05) is 38.5 Å². The number of aromatic nitrogens is 2. The van der Waals surface area contributed by atoms with Crippen molar-refractivity contribution in [3.05, 3.63) is 18.0 Å². The van der Waals surface area contributed by atoms with E-state index in [1.54, 1.807) is 12.4 Å². The molecule has 1 atom stereocenters. The van der Waals surface area contributed by atoms with Gasteiger partial charge in [0, 0.05) is 43.4 Å². The molecule has 0 radical (unpaired) electrons. The quantitative estimate of drug-likeness (QED) is 0.638. The third-order valence-electron chi connectivity index (χ3n) is 7.64. The van der Waals surface area contributed by atoms with Crippen LogP contribution in [0.1, 0.15) is 82.6 Å². The molecule has 3 fully saturated rings. The molecule has 0 bridgehead atoms. The maximum Gasteiger partial charge on any atom is 0.257 e. The predicted molar refractivity (Wildman–Crippen MR) is 113 cm³/mol. The molecule has 1 aromatic heterocycles. The number of rotatable bonds is 6. The summed E-state index contributed by atoms with van der Waals surface area (Å²) >= 11 is 0. The highest BCUT2D eigenvalue weighted by molar-refractivity contribution is 5.86. The minimum Gasteiger partial charge on any atom is -0.375 e. The van der Waals surface area contributed by atoms with Crippen LogP contribution in [0.4, 0.5) is 0 Å². The molecular weight excluding hydrogens is 364 g/mol.